The molecule has 1 aromatic rings. The third kappa shape index (κ3) is 6.35. The molecule has 2 rings (SSSR count). The molecule has 27 heavy (non-hydrogen) atoms. The number of aryl methyl sites for hydroxylation is 1. The number of carboxylic acids is 1. The van der Waals surface area contributed by atoms with Gasteiger partial charge in [-0.3, -0.25) is 4.79 Å². The highest BCUT2D eigenvalue weighted by Gasteiger charge is 2.42. The van der Waals surface area contributed by atoms with Crippen LogP contribution < -0.4 is 5.73 Å². The summed E-state index contributed by atoms with van der Waals surface area (Å²) in [6.07, 6.45) is 7.24. The van der Waals surface area contributed by atoms with Crippen LogP contribution in [-0.4, -0.2) is 41.1 Å². The predicted molar refractivity (Wildman–Crippen MR) is 113 cm³/mol. The van der Waals surface area contributed by atoms with Gasteiger partial charge in [0.1, 0.15) is 5.54 Å². The van der Waals surface area contributed by atoms with E-state index in [1.165, 1.54) is 0 Å². The summed E-state index contributed by atoms with van der Waals surface area (Å²) in [7, 11) is 0. The highest BCUT2D eigenvalue weighted by Crippen LogP contribution is 2.31. The lowest BCUT2D eigenvalue weighted by atomic mass is 9.75. The SMILES string of the molecule is CCCCCC(N)(C(=O)O)C1CCN(CCCc2ccc(Cl)cc2Cl)CC1. The summed E-state index contributed by atoms with van der Waals surface area (Å²) in [5.74, 6) is -0.775. The first-order chi connectivity index (χ1) is 12.9. The monoisotopic (exact) mass is 414 g/mol. The number of hydrogen-bond donors (Lipinski definition) is 2. The summed E-state index contributed by atoms with van der Waals surface area (Å²) >= 11 is 12.2. The van der Waals surface area contributed by atoms with Crippen molar-refractivity contribution in [3.63, 3.8) is 0 Å². The van der Waals surface area contributed by atoms with Crippen molar-refractivity contribution in [1.82, 2.24) is 4.90 Å². The van der Waals surface area contributed by atoms with Gasteiger partial charge in [0, 0.05) is 10.0 Å². The van der Waals surface area contributed by atoms with Gasteiger partial charge in [-0.05, 0) is 75.4 Å². The second-order valence-electron chi connectivity index (χ2n) is 7.76. The molecule has 1 fully saturated rings. The quantitative estimate of drug-likeness (QED) is 0.528. The summed E-state index contributed by atoms with van der Waals surface area (Å²) in [6, 6.07) is 5.65. The van der Waals surface area contributed by atoms with Crippen LogP contribution >= 0.6 is 23.2 Å². The number of unbranched alkanes of at least 4 members (excludes halogenated alkanes) is 2. The molecule has 0 aromatic heterocycles. The molecular formula is C21H32Cl2N2O2. The van der Waals surface area contributed by atoms with Crippen molar-refractivity contribution in [2.45, 2.75) is 63.8 Å². The standard InChI is InChI=1S/C21H32Cl2N2O2/c1-2-3-4-11-21(24,20(26)27)17-9-13-25(14-10-17)12-5-6-16-7-8-18(22)15-19(16)23/h7-8,15,17H,2-6,9-14,24H2,1H3,(H,26,27). The second kappa shape index (κ2) is 10.7. The maximum absolute atomic E-state index is 11.8. The van der Waals surface area contributed by atoms with E-state index in [-0.39, 0.29) is 5.92 Å². The molecule has 1 aliphatic rings. The summed E-state index contributed by atoms with van der Waals surface area (Å²) in [5, 5.41) is 11.1. The van der Waals surface area contributed by atoms with Gasteiger partial charge in [-0.25, -0.2) is 0 Å². The first-order valence-electron chi connectivity index (χ1n) is 10.1. The van der Waals surface area contributed by atoms with Crippen molar-refractivity contribution in [1.29, 1.82) is 0 Å². The summed E-state index contributed by atoms with van der Waals surface area (Å²) in [4.78, 5) is 14.2. The van der Waals surface area contributed by atoms with E-state index < -0.39 is 11.5 Å². The average molecular weight is 415 g/mol. The molecule has 0 aliphatic carbocycles. The molecule has 1 heterocycles. The van der Waals surface area contributed by atoms with E-state index in [1.807, 2.05) is 12.1 Å². The molecule has 1 saturated heterocycles. The minimum atomic E-state index is -1.07. The van der Waals surface area contributed by atoms with Crippen molar-refractivity contribution in [2.24, 2.45) is 11.7 Å². The van der Waals surface area contributed by atoms with E-state index in [2.05, 4.69) is 11.8 Å². The van der Waals surface area contributed by atoms with E-state index in [0.29, 0.717) is 11.4 Å². The molecule has 1 unspecified atom stereocenters. The molecule has 3 N–H and O–H groups in total. The summed E-state index contributed by atoms with van der Waals surface area (Å²) < 4.78 is 0. The van der Waals surface area contributed by atoms with Crippen LogP contribution in [0.5, 0.6) is 0 Å². The Morgan fingerprint density at radius 3 is 2.56 bits per heavy atom. The van der Waals surface area contributed by atoms with Crippen LogP contribution in [0.25, 0.3) is 0 Å². The number of halogens is 2. The van der Waals surface area contributed by atoms with Crippen LogP contribution in [0.2, 0.25) is 10.0 Å². The number of nitrogens with zero attached hydrogens (tertiary/aromatic N) is 1. The fourth-order valence-corrected chi connectivity index (χ4v) is 4.55. The topological polar surface area (TPSA) is 66.6 Å². The molecule has 0 spiro atoms. The first-order valence-corrected chi connectivity index (χ1v) is 10.8. The maximum atomic E-state index is 11.8. The summed E-state index contributed by atoms with van der Waals surface area (Å²) in [5.41, 5.74) is 6.42. The Labute approximate surface area is 173 Å². The van der Waals surface area contributed by atoms with Crippen LogP contribution in [0.1, 0.15) is 57.4 Å². The van der Waals surface area contributed by atoms with Gasteiger partial charge < -0.3 is 15.7 Å². The lowest BCUT2D eigenvalue weighted by Crippen LogP contribution is -2.57. The zero-order valence-electron chi connectivity index (χ0n) is 16.2. The number of nitrogens with two attached hydrogens (primary N) is 1. The maximum Gasteiger partial charge on any atom is 0.323 e. The van der Waals surface area contributed by atoms with E-state index in [4.69, 9.17) is 28.9 Å². The van der Waals surface area contributed by atoms with Crippen molar-refractivity contribution in [2.75, 3.05) is 19.6 Å². The predicted octanol–water partition coefficient (Wildman–Crippen LogP) is 5.00. The highest BCUT2D eigenvalue weighted by atomic mass is 35.5. The molecule has 152 valence electrons. The zero-order valence-corrected chi connectivity index (χ0v) is 17.7. The largest absolute Gasteiger partial charge is 0.480 e. The number of piperidine rings is 1. The lowest BCUT2D eigenvalue weighted by molar-refractivity contribution is -0.147. The Bertz CT molecular complexity index is 618. The van der Waals surface area contributed by atoms with Gasteiger partial charge in [-0.1, -0.05) is 55.5 Å². The highest BCUT2D eigenvalue weighted by molar-refractivity contribution is 6.35. The number of aliphatic carboxylic acids is 1. The first kappa shape index (κ1) is 22.5. The van der Waals surface area contributed by atoms with Gasteiger partial charge in [0.2, 0.25) is 0 Å². The minimum Gasteiger partial charge on any atom is -0.480 e. The number of carboxylic acid groups (broad SMARTS) is 1. The van der Waals surface area contributed by atoms with E-state index >= 15 is 0 Å². The minimum absolute atomic E-state index is 0.0637. The number of likely N-dealkylation sites (tertiary alicyclic amines) is 1. The number of benzene rings is 1. The Morgan fingerprint density at radius 1 is 1.26 bits per heavy atom. The normalized spacial score (nSPS) is 18.4. The number of hydrogen-bond acceptors (Lipinski definition) is 3. The van der Waals surface area contributed by atoms with Gasteiger partial charge in [0.25, 0.3) is 0 Å². The molecule has 1 atom stereocenters. The number of rotatable bonds is 10. The molecule has 0 bridgehead atoms. The van der Waals surface area contributed by atoms with Crippen LogP contribution in [0.15, 0.2) is 18.2 Å². The van der Waals surface area contributed by atoms with Gasteiger partial charge in [-0.15, -0.1) is 0 Å². The Morgan fingerprint density at radius 2 is 1.96 bits per heavy atom. The van der Waals surface area contributed by atoms with Crippen LogP contribution in [-0.2, 0) is 11.2 Å². The second-order valence-corrected chi connectivity index (χ2v) is 8.60. The zero-order chi connectivity index (χ0) is 19.9. The molecule has 0 radical (unpaired) electrons. The summed E-state index contributed by atoms with van der Waals surface area (Å²) in [6.45, 7) is 4.94. The fraction of sp³-hybridized carbons (Fsp3) is 0.667. The van der Waals surface area contributed by atoms with Crippen LogP contribution in [0.4, 0.5) is 0 Å². The van der Waals surface area contributed by atoms with E-state index in [9.17, 15) is 9.90 Å². The molecule has 1 aromatic carbocycles. The van der Waals surface area contributed by atoms with Crippen molar-refractivity contribution >= 4 is 29.2 Å². The van der Waals surface area contributed by atoms with Crippen molar-refractivity contribution in [3.05, 3.63) is 33.8 Å². The Balaban J connectivity index is 1.79. The average Bonchev–Trinajstić information content (AvgIpc) is 2.64. The third-order valence-electron chi connectivity index (χ3n) is 5.84. The smallest absolute Gasteiger partial charge is 0.323 e. The molecule has 0 saturated carbocycles. The molecule has 1 aliphatic heterocycles. The van der Waals surface area contributed by atoms with Crippen LogP contribution in [0, 0.1) is 5.92 Å². The Hall–Kier alpha value is -0.810. The molecule has 6 heteroatoms. The van der Waals surface area contributed by atoms with Crippen molar-refractivity contribution < 1.29 is 9.90 Å². The van der Waals surface area contributed by atoms with Crippen LogP contribution in [0.3, 0.4) is 0 Å². The van der Waals surface area contributed by atoms with Gasteiger partial charge in [0.15, 0.2) is 0 Å². The van der Waals surface area contributed by atoms with Gasteiger partial charge in [0.05, 0.1) is 0 Å². The van der Waals surface area contributed by atoms with E-state index in [1.54, 1.807) is 6.07 Å². The van der Waals surface area contributed by atoms with Crippen molar-refractivity contribution in [3.8, 4) is 0 Å². The van der Waals surface area contributed by atoms with E-state index in [0.717, 1.165) is 75.2 Å². The van der Waals surface area contributed by atoms with Gasteiger partial charge >= 0.3 is 5.97 Å². The number of carbonyl (C=O) groups is 1. The molecular weight excluding hydrogens is 383 g/mol. The lowest BCUT2D eigenvalue weighted by Gasteiger charge is -2.40. The molecule has 4 nitrogen and oxygen atoms in total. The Kier molecular flexibility index (Phi) is 8.87. The van der Waals surface area contributed by atoms with Gasteiger partial charge in [-0.2, -0.15) is 0 Å². The fourth-order valence-electron chi connectivity index (χ4n) is 4.04. The molecule has 0 amide bonds. The third-order valence-corrected chi connectivity index (χ3v) is 6.43.